The Labute approximate surface area is 132 Å². The average molecular weight is 304 g/mol. The van der Waals surface area contributed by atoms with Crippen molar-refractivity contribution in [2.45, 2.75) is 20.4 Å². The number of benzene rings is 1. The van der Waals surface area contributed by atoms with Crippen LogP contribution >= 0.6 is 0 Å². The molecule has 114 valence electrons. The highest BCUT2D eigenvalue weighted by Gasteiger charge is 2.12. The molecule has 0 fully saturated rings. The van der Waals surface area contributed by atoms with Crippen LogP contribution in [-0.2, 0) is 6.54 Å². The average Bonchev–Trinajstić information content (AvgIpc) is 3.03. The number of aryl methyl sites for hydroxylation is 2. The van der Waals surface area contributed by atoms with Gasteiger partial charge in [0.1, 0.15) is 5.52 Å². The molecule has 1 aromatic carbocycles. The number of hydrogen-bond acceptors (Lipinski definition) is 3. The summed E-state index contributed by atoms with van der Waals surface area (Å²) in [5, 5.41) is 0. The van der Waals surface area contributed by atoms with Crippen molar-refractivity contribution in [2.75, 3.05) is 0 Å². The van der Waals surface area contributed by atoms with Gasteiger partial charge in [0.15, 0.2) is 5.65 Å². The van der Waals surface area contributed by atoms with Crippen molar-refractivity contribution in [3.63, 3.8) is 0 Å². The van der Waals surface area contributed by atoms with E-state index in [2.05, 4.69) is 42.0 Å². The quantitative estimate of drug-likeness (QED) is 0.572. The fourth-order valence-corrected chi connectivity index (χ4v) is 3.00. The minimum Gasteiger partial charge on any atom is -0.291 e. The zero-order valence-electron chi connectivity index (χ0n) is 13.0. The van der Waals surface area contributed by atoms with Crippen LogP contribution in [0.25, 0.3) is 16.7 Å². The van der Waals surface area contributed by atoms with Gasteiger partial charge in [-0.25, -0.2) is 9.97 Å². The Kier molecular flexibility index (Phi) is 3.01. The third-order valence-electron chi connectivity index (χ3n) is 4.21. The molecular formula is C18H16N4O. The molecule has 0 aliphatic heterocycles. The summed E-state index contributed by atoms with van der Waals surface area (Å²) >= 11 is 0. The number of fused-ring (bicyclic) bond motifs is 3. The molecule has 5 nitrogen and oxygen atoms in total. The first kappa shape index (κ1) is 13.7. The molecule has 4 aromatic rings. The standard InChI is InChI=1S/C18H16N4O/c1-12-5-6-14(13(2)8-12)10-21-17-15(4-3-7-20-17)22-11-19-9-16(22)18(21)23/h3-9,11H,10H2,1-2H3. The first-order valence-corrected chi connectivity index (χ1v) is 7.51. The summed E-state index contributed by atoms with van der Waals surface area (Å²) in [6.07, 6.45) is 4.97. The third-order valence-corrected chi connectivity index (χ3v) is 4.21. The van der Waals surface area contributed by atoms with E-state index in [4.69, 9.17) is 0 Å². The number of nitrogens with zero attached hydrogens (tertiary/aromatic N) is 4. The second-order valence-electron chi connectivity index (χ2n) is 5.82. The Hall–Kier alpha value is -2.95. The molecule has 4 rings (SSSR count). The third kappa shape index (κ3) is 2.12. The van der Waals surface area contributed by atoms with Gasteiger partial charge in [-0.3, -0.25) is 13.8 Å². The van der Waals surface area contributed by atoms with E-state index in [0.717, 1.165) is 11.1 Å². The Balaban J connectivity index is 2.01. The summed E-state index contributed by atoms with van der Waals surface area (Å²) in [6.45, 7) is 4.64. The molecule has 3 aromatic heterocycles. The molecule has 3 heterocycles. The Morgan fingerprint density at radius 3 is 2.83 bits per heavy atom. The van der Waals surface area contributed by atoms with Crippen LogP contribution in [0.5, 0.6) is 0 Å². The van der Waals surface area contributed by atoms with Crippen LogP contribution in [0.1, 0.15) is 16.7 Å². The molecule has 5 heteroatoms. The van der Waals surface area contributed by atoms with Crippen molar-refractivity contribution in [1.29, 1.82) is 0 Å². The molecule has 0 atom stereocenters. The van der Waals surface area contributed by atoms with E-state index in [0.29, 0.717) is 17.7 Å². The molecule has 0 unspecified atom stereocenters. The Bertz CT molecular complexity index is 1090. The van der Waals surface area contributed by atoms with Crippen LogP contribution in [0, 0.1) is 13.8 Å². The van der Waals surface area contributed by atoms with Gasteiger partial charge < -0.3 is 0 Å². The van der Waals surface area contributed by atoms with E-state index in [1.54, 1.807) is 27.7 Å². The van der Waals surface area contributed by atoms with E-state index in [1.807, 2.05) is 12.1 Å². The van der Waals surface area contributed by atoms with E-state index in [1.165, 1.54) is 11.1 Å². The lowest BCUT2D eigenvalue weighted by molar-refractivity contribution is 0.776. The summed E-state index contributed by atoms with van der Waals surface area (Å²) in [6, 6.07) is 10.1. The first-order valence-electron chi connectivity index (χ1n) is 7.51. The maximum atomic E-state index is 12.8. The minimum atomic E-state index is -0.0753. The zero-order valence-corrected chi connectivity index (χ0v) is 13.0. The van der Waals surface area contributed by atoms with E-state index in [-0.39, 0.29) is 5.56 Å². The number of imidazole rings is 1. The normalized spacial score (nSPS) is 11.4. The largest absolute Gasteiger partial charge is 0.291 e. The van der Waals surface area contributed by atoms with E-state index >= 15 is 0 Å². The van der Waals surface area contributed by atoms with E-state index in [9.17, 15) is 4.79 Å². The van der Waals surface area contributed by atoms with Gasteiger partial charge in [-0.1, -0.05) is 23.8 Å². The maximum absolute atomic E-state index is 12.8. The molecule has 0 bridgehead atoms. The fraction of sp³-hybridized carbons (Fsp3) is 0.167. The van der Waals surface area contributed by atoms with Gasteiger partial charge in [0.25, 0.3) is 5.56 Å². The smallest absolute Gasteiger partial charge is 0.278 e. The maximum Gasteiger partial charge on any atom is 0.278 e. The number of aromatic nitrogens is 4. The van der Waals surface area contributed by atoms with Crippen LogP contribution < -0.4 is 5.56 Å². The molecular weight excluding hydrogens is 288 g/mol. The van der Waals surface area contributed by atoms with Crippen molar-refractivity contribution in [2.24, 2.45) is 0 Å². The zero-order chi connectivity index (χ0) is 16.0. The second kappa shape index (κ2) is 5.05. The summed E-state index contributed by atoms with van der Waals surface area (Å²) in [5.41, 5.74) is 5.55. The minimum absolute atomic E-state index is 0.0753. The molecule has 23 heavy (non-hydrogen) atoms. The van der Waals surface area contributed by atoms with Crippen molar-refractivity contribution < 1.29 is 0 Å². The molecule has 0 spiro atoms. The predicted octanol–water partition coefficient (Wildman–Crippen LogP) is 2.71. The van der Waals surface area contributed by atoms with Gasteiger partial charge in [0.05, 0.1) is 24.6 Å². The van der Waals surface area contributed by atoms with Crippen molar-refractivity contribution >= 4 is 16.7 Å². The Morgan fingerprint density at radius 2 is 2.00 bits per heavy atom. The lowest BCUT2D eigenvalue weighted by atomic mass is 10.1. The second-order valence-corrected chi connectivity index (χ2v) is 5.82. The fourth-order valence-electron chi connectivity index (χ4n) is 3.00. The number of pyridine rings is 1. The van der Waals surface area contributed by atoms with Gasteiger partial charge in [-0.05, 0) is 37.1 Å². The van der Waals surface area contributed by atoms with Gasteiger partial charge in [0, 0.05) is 6.20 Å². The lowest BCUT2D eigenvalue weighted by Crippen LogP contribution is -2.24. The molecule has 0 aliphatic carbocycles. The lowest BCUT2D eigenvalue weighted by Gasteiger charge is -2.13. The summed E-state index contributed by atoms with van der Waals surface area (Å²) in [4.78, 5) is 21.4. The van der Waals surface area contributed by atoms with Crippen LogP contribution in [0.4, 0.5) is 0 Å². The van der Waals surface area contributed by atoms with Gasteiger partial charge >= 0.3 is 0 Å². The topological polar surface area (TPSA) is 52.2 Å². The molecule has 0 N–H and O–H groups in total. The highest BCUT2D eigenvalue weighted by atomic mass is 16.1. The predicted molar refractivity (Wildman–Crippen MR) is 89.8 cm³/mol. The summed E-state index contributed by atoms with van der Waals surface area (Å²) in [5.74, 6) is 0. The number of rotatable bonds is 2. The van der Waals surface area contributed by atoms with Crippen LogP contribution in [0.15, 0.2) is 53.8 Å². The van der Waals surface area contributed by atoms with Gasteiger partial charge in [-0.2, -0.15) is 0 Å². The van der Waals surface area contributed by atoms with E-state index < -0.39 is 0 Å². The molecule has 0 radical (unpaired) electrons. The van der Waals surface area contributed by atoms with Gasteiger partial charge in [-0.15, -0.1) is 0 Å². The van der Waals surface area contributed by atoms with Gasteiger partial charge in [0.2, 0.25) is 0 Å². The van der Waals surface area contributed by atoms with Crippen molar-refractivity contribution in [3.05, 3.63) is 76.1 Å². The molecule has 0 aliphatic rings. The molecule has 0 saturated carbocycles. The van der Waals surface area contributed by atoms with Crippen LogP contribution in [-0.4, -0.2) is 18.9 Å². The molecule has 0 amide bonds. The Morgan fingerprint density at radius 1 is 1.13 bits per heavy atom. The highest BCUT2D eigenvalue weighted by molar-refractivity contribution is 5.74. The first-order chi connectivity index (χ1) is 11.1. The highest BCUT2D eigenvalue weighted by Crippen LogP contribution is 2.16. The van der Waals surface area contributed by atoms with Crippen LogP contribution in [0.2, 0.25) is 0 Å². The van der Waals surface area contributed by atoms with Crippen LogP contribution in [0.3, 0.4) is 0 Å². The monoisotopic (exact) mass is 304 g/mol. The SMILES string of the molecule is Cc1ccc(Cn2c(=O)c3cncn3c3cccnc32)c(C)c1. The van der Waals surface area contributed by atoms with Crippen molar-refractivity contribution in [3.8, 4) is 0 Å². The molecule has 0 saturated heterocycles. The number of hydrogen-bond donors (Lipinski definition) is 0. The van der Waals surface area contributed by atoms with Crippen molar-refractivity contribution in [1.82, 2.24) is 18.9 Å². The summed E-state index contributed by atoms with van der Waals surface area (Å²) < 4.78 is 3.52. The summed E-state index contributed by atoms with van der Waals surface area (Å²) in [7, 11) is 0.